The molecule has 18 heteroatoms. The summed E-state index contributed by atoms with van der Waals surface area (Å²) in [4.78, 5) is 60.3. The first-order chi connectivity index (χ1) is 28.8. The lowest BCUT2D eigenvalue weighted by molar-refractivity contribution is -0.320. The Balaban J connectivity index is 1.87. The second-order valence-electron chi connectivity index (χ2n) is 18.5. The standard InChI is InChI=1S/C44H73N3O15/c1-16-31-44(11,53)36(50)25(4)33(49)23(2)20-42(9,54-14)37(61-40-35(58-29(8)48)30(46(12)13)19-24(3)56-40)26(5)34(27(6)39(51)59-31)60-32-21-43(10,55-15)38(28(7)57-32)62-41(52)47-18-17-45-22-47/h17-18,22-28,30-32,34-38,40,50,53H,16,19-21H2,1-15H3/t23-,24-,25+,26+,27-,28+,30+,31-,32+,34+,35-,36-,37-,38+,40+,42-,43-,44-/m1/s1. The highest BCUT2D eigenvalue weighted by Gasteiger charge is 2.55. The van der Waals surface area contributed by atoms with Gasteiger partial charge in [-0.3, -0.25) is 14.4 Å². The monoisotopic (exact) mass is 884 g/mol. The highest BCUT2D eigenvalue weighted by atomic mass is 16.7. The minimum atomic E-state index is -2.02. The zero-order valence-corrected chi connectivity index (χ0v) is 39.3. The Morgan fingerprint density at radius 1 is 0.919 bits per heavy atom. The maximum atomic E-state index is 14.5. The van der Waals surface area contributed by atoms with E-state index in [4.69, 9.17) is 42.6 Å². The van der Waals surface area contributed by atoms with Crippen molar-refractivity contribution >= 4 is 23.8 Å². The number of aliphatic hydroxyl groups is 2. The van der Waals surface area contributed by atoms with Crippen molar-refractivity contribution in [3.8, 4) is 0 Å². The Bertz CT molecular complexity index is 1660. The number of esters is 2. The smallest absolute Gasteiger partial charge is 0.419 e. The van der Waals surface area contributed by atoms with E-state index in [2.05, 4.69) is 4.98 Å². The first-order valence-electron chi connectivity index (χ1n) is 21.7. The van der Waals surface area contributed by atoms with Gasteiger partial charge in [0.05, 0.1) is 48.1 Å². The lowest BCUT2D eigenvalue weighted by Crippen LogP contribution is -2.62. The normalized spacial score (nSPS) is 42.8. The van der Waals surface area contributed by atoms with Gasteiger partial charge in [-0.15, -0.1) is 0 Å². The zero-order valence-electron chi connectivity index (χ0n) is 39.3. The SMILES string of the molecule is CC[C@H]1OC(=O)[C@H](C)[C@@H](O[C@H]2C[C@@](C)(OC)[C@@H](OC(=O)n3ccnc3)[C@H](C)O2)[C@H](C)[C@@H](O[C@@H]2O[C@H](C)C[C@H](N(C)C)[C@H]2OC(C)=O)[C@](C)(OC)C[C@@H](C)C(=O)[C@H](C)[C@@H](O)[C@]1(C)O. The minimum Gasteiger partial charge on any atom is -0.459 e. The molecule has 0 radical (unpaired) electrons. The van der Waals surface area contributed by atoms with E-state index in [-0.39, 0.29) is 37.2 Å². The molecule has 4 heterocycles. The third-order valence-corrected chi connectivity index (χ3v) is 13.4. The second kappa shape index (κ2) is 20.8. The molecule has 0 aliphatic carbocycles. The van der Waals surface area contributed by atoms with Crippen LogP contribution in [0.3, 0.4) is 0 Å². The van der Waals surface area contributed by atoms with Gasteiger partial charge in [-0.1, -0.05) is 27.7 Å². The summed E-state index contributed by atoms with van der Waals surface area (Å²) in [6.45, 7) is 18.3. The highest BCUT2D eigenvalue weighted by molar-refractivity contribution is 5.83. The number of cyclic esters (lactones) is 1. The van der Waals surface area contributed by atoms with E-state index in [0.717, 1.165) is 0 Å². The third-order valence-electron chi connectivity index (χ3n) is 13.4. The predicted molar refractivity (Wildman–Crippen MR) is 222 cm³/mol. The third kappa shape index (κ3) is 11.2. The molecule has 3 fully saturated rings. The van der Waals surface area contributed by atoms with Gasteiger partial charge in [-0.2, -0.15) is 0 Å². The molecule has 3 aliphatic rings. The van der Waals surface area contributed by atoms with Crippen LogP contribution in [0, 0.1) is 23.7 Å². The molecule has 354 valence electrons. The Kier molecular flexibility index (Phi) is 17.3. The van der Waals surface area contributed by atoms with Crippen LogP contribution in [0.25, 0.3) is 0 Å². The van der Waals surface area contributed by atoms with Gasteiger partial charge in [-0.25, -0.2) is 14.3 Å². The molecule has 0 amide bonds. The Hall–Kier alpha value is -3.07. The lowest BCUT2D eigenvalue weighted by atomic mass is 9.74. The number of hydrogen-bond donors (Lipinski definition) is 2. The number of methoxy groups -OCH3 is 2. The van der Waals surface area contributed by atoms with Crippen molar-refractivity contribution in [3.05, 3.63) is 18.7 Å². The van der Waals surface area contributed by atoms with E-state index >= 15 is 0 Å². The van der Waals surface area contributed by atoms with Gasteiger partial charge in [0, 0.05) is 57.7 Å². The Morgan fingerprint density at radius 3 is 2.10 bits per heavy atom. The summed E-state index contributed by atoms with van der Waals surface area (Å²) in [5.74, 6) is -5.37. The van der Waals surface area contributed by atoms with Crippen LogP contribution in [0.15, 0.2) is 18.7 Å². The van der Waals surface area contributed by atoms with Crippen molar-refractivity contribution in [1.82, 2.24) is 14.5 Å². The molecular weight excluding hydrogens is 810 g/mol. The molecule has 18 nitrogen and oxygen atoms in total. The number of likely N-dealkylation sites (N-methyl/N-ethyl adjacent to an activating group) is 1. The molecule has 18 atom stereocenters. The van der Waals surface area contributed by atoms with E-state index in [1.165, 1.54) is 58.3 Å². The molecule has 3 saturated heterocycles. The van der Waals surface area contributed by atoms with Crippen LogP contribution in [-0.2, 0) is 57.0 Å². The van der Waals surface area contributed by atoms with Crippen molar-refractivity contribution in [2.24, 2.45) is 23.7 Å². The molecule has 0 spiro atoms. The molecule has 1 aromatic heterocycles. The summed E-state index contributed by atoms with van der Waals surface area (Å²) in [6.07, 6.45) is -5.78. The summed E-state index contributed by atoms with van der Waals surface area (Å²) in [5, 5.41) is 23.4. The van der Waals surface area contributed by atoms with E-state index in [9.17, 15) is 29.4 Å². The minimum absolute atomic E-state index is 0.0397. The maximum absolute atomic E-state index is 14.5. The molecule has 4 rings (SSSR count). The summed E-state index contributed by atoms with van der Waals surface area (Å²) < 4.78 is 58.3. The molecular formula is C44H73N3O15. The zero-order chi connectivity index (χ0) is 46.6. The van der Waals surface area contributed by atoms with Crippen LogP contribution in [0.4, 0.5) is 4.79 Å². The van der Waals surface area contributed by atoms with Crippen LogP contribution in [0.1, 0.15) is 102 Å². The quantitative estimate of drug-likeness (QED) is 0.252. The maximum Gasteiger partial charge on any atom is 0.419 e. The summed E-state index contributed by atoms with van der Waals surface area (Å²) in [5.41, 5.74) is -4.50. The summed E-state index contributed by atoms with van der Waals surface area (Å²) >= 11 is 0. The molecule has 0 aromatic carbocycles. The van der Waals surface area contributed by atoms with Gasteiger partial charge in [-0.05, 0) is 74.9 Å². The number of imidazole rings is 1. The first kappa shape index (κ1) is 51.6. The van der Waals surface area contributed by atoms with Crippen molar-refractivity contribution in [1.29, 1.82) is 0 Å². The van der Waals surface area contributed by atoms with Gasteiger partial charge in [0.1, 0.15) is 29.4 Å². The number of nitrogens with zero attached hydrogens (tertiary/aromatic N) is 3. The van der Waals surface area contributed by atoms with Gasteiger partial charge in [0.25, 0.3) is 0 Å². The van der Waals surface area contributed by atoms with Crippen LogP contribution in [0.5, 0.6) is 0 Å². The number of rotatable bonds is 10. The fourth-order valence-electron chi connectivity index (χ4n) is 9.63. The van der Waals surface area contributed by atoms with Gasteiger partial charge in [0.15, 0.2) is 24.8 Å². The second-order valence-corrected chi connectivity index (χ2v) is 18.5. The van der Waals surface area contributed by atoms with Crippen molar-refractivity contribution in [2.45, 2.75) is 186 Å². The fourth-order valence-corrected chi connectivity index (χ4v) is 9.63. The topological polar surface area (TPSA) is 213 Å². The predicted octanol–water partition coefficient (Wildman–Crippen LogP) is 3.90. The van der Waals surface area contributed by atoms with E-state index in [0.29, 0.717) is 6.42 Å². The molecule has 1 aromatic rings. The first-order valence-corrected chi connectivity index (χ1v) is 21.7. The van der Waals surface area contributed by atoms with Gasteiger partial charge < -0.3 is 57.7 Å². The number of aromatic nitrogens is 2. The molecule has 2 N–H and O–H groups in total. The molecule has 3 aliphatic heterocycles. The van der Waals surface area contributed by atoms with E-state index in [1.807, 2.05) is 32.8 Å². The molecule has 0 unspecified atom stereocenters. The van der Waals surface area contributed by atoms with Gasteiger partial charge in [0.2, 0.25) is 0 Å². The van der Waals surface area contributed by atoms with Crippen molar-refractivity contribution in [2.75, 3.05) is 28.3 Å². The number of aliphatic hydroxyl groups excluding tert-OH is 1. The highest BCUT2D eigenvalue weighted by Crippen LogP contribution is 2.42. The number of ketones is 1. The van der Waals surface area contributed by atoms with Gasteiger partial charge >= 0.3 is 18.0 Å². The lowest BCUT2D eigenvalue weighted by Gasteiger charge is -2.50. The number of Topliss-reactive ketones (excluding diaryl/α,β-unsaturated/α-hetero) is 1. The van der Waals surface area contributed by atoms with Crippen LogP contribution < -0.4 is 0 Å². The fraction of sp³-hybridized carbons (Fsp3) is 0.841. The van der Waals surface area contributed by atoms with Crippen LogP contribution in [-0.4, -0.2) is 161 Å². The average molecular weight is 884 g/mol. The van der Waals surface area contributed by atoms with Crippen LogP contribution in [0.2, 0.25) is 0 Å². The van der Waals surface area contributed by atoms with E-state index < -0.39 is 114 Å². The largest absolute Gasteiger partial charge is 0.459 e. The average Bonchev–Trinajstić information content (AvgIpc) is 3.76. The number of ether oxygens (including phenoxy) is 9. The Labute approximate surface area is 366 Å². The number of hydrogen-bond acceptors (Lipinski definition) is 17. The van der Waals surface area contributed by atoms with E-state index in [1.54, 1.807) is 41.5 Å². The number of carbonyl (C=O) groups excluding carboxylic acids is 4. The van der Waals surface area contributed by atoms with Crippen molar-refractivity contribution in [3.63, 3.8) is 0 Å². The Morgan fingerprint density at radius 2 is 1.55 bits per heavy atom. The molecule has 62 heavy (non-hydrogen) atoms. The number of carbonyl (C=O) groups is 4. The summed E-state index contributed by atoms with van der Waals surface area (Å²) in [7, 11) is 6.74. The van der Waals surface area contributed by atoms with Crippen LogP contribution >= 0.6 is 0 Å². The van der Waals surface area contributed by atoms with Crippen molar-refractivity contribution < 1.29 is 72.0 Å². The molecule has 0 bridgehead atoms. The summed E-state index contributed by atoms with van der Waals surface area (Å²) in [6, 6.07) is -0.308. The molecule has 0 saturated carbocycles.